The largest absolute Gasteiger partial charge is 0.355 e. The number of nitrogens with one attached hydrogen (secondary N) is 2. The smallest absolute Gasteiger partial charge is 0.234 e. The first-order valence-corrected chi connectivity index (χ1v) is 6.86. The number of hydrogen-bond donors (Lipinski definition) is 2. The van der Waals surface area contributed by atoms with Crippen molar-refractivity contribution in [1.29, 1.82) is 0 Å². The number of thiazole rings is 1. The summed E-state index contributed by atoms with van der Waals surface area (Å²) in [4.78, 5) is 18.0. The van der Waals surface area contributed by atoms with Gasteiger partial charge in [-0.15, -0.1) is 11.3 Å². The molecule has 2 rings (SSSR count). The highest BCUT2D eigenvalue weighted by atomic mass is 32.1. The second kappa shape index (κ2) is 6.68. The first kappa shape index (κ1) is 12.5. The summed E-state index contributed by atoms with van der Waals surface area (Å²) < 4.78 is 0. The Morgan fingerprint density at radius 2 is 2.35 bits per heavy atom. The van der Waals surface area contributed by atoms with E-state index in [1.807, 2.05) is 10.9 Å². The first-order valence-electron chi connectivity index (χ1n) is 5.91. The maximum Gasteiger partial charge on any atom is 0.234 e. The maximum absolute atomic E-state index is 11.6. The van der Waals surface area contributed by atoms with Crippen LogP contribution in [0.15, 0.2) is 10.9 Å². The molecule has 1 fully saturated rings. The maximum atomic E-state index is 11.6. The molecule has 0 radical (unpaired) electrons. The summed E-state index contributed by atoms with van der Waals surface area (Å²) in [5.41, 5.74) is 2.87. The predicted molar refractivity (Wildman–Crippen MR) is 68.1 cm³/mol. The van der Waals surface area contributed by atoms with Gasteiger partial charge in [0.15, 0.2) is 0 Å². The Balaban J connectivity index is 1.60. The van der Waals surface area contributed by atoms with Gasteiger partial charge in [0.05, 0.1) is 17.7 Å². The van der Waals surface area contributed by atoms with E-state index in [9.17, 15) is 4.79 Å². The van der Waals surface area contributed by atoms with Gasteiger partial charge < -0.3 is 10.6 Å². The fraction of sp³-hybridized carbons (Fsp3) is 0.636. The average Bonchev–Trinajstić information content (AvgIpc) is 2.83. The molecule has 2 N–H and O–H groups in total. The lowest BCUT2D eigenvalue weighted by molar-refractivity contribution is -0.122. The summed E-state index contributed by atoms with van der Waals surface area (Å²) in [7, 11) is 0. The minimum Gasteiger partial charge on any atom is -0.355 e. The van der Waals surface area contributed by atoms with E-state index in [4.69, 9.17) is 0 Å². The zero-order valence-corrected chi connectivity index (χ0v) is 10.6. The standard InChI is InChI=1S/C11H18N4OS/c16-11(7-15-5-3-12-4-6-15)13-2-1-10-8-17-9-14-10/h8-9,12H,1-7H2,(H,13,16). The van der Waals surface area contributed by atoms with Crippen LogP contribution >= 0.6 is 11.3 Å². The van der Waals surface area contributed by atoms with Crippen molar-refractivity contribution in [3.8, 4) is 0 Å². The molecule has 0 aliphatic carbocycles. The number of rotatable bonds is 5. The Labute approximate surface area is 105 Å². The van der Waals surface area contributed by atoms with E-state index in [2.05, 4.69) is 20.5 Å². The molecule has 0 bridgehead atoms. The van der Waals surface area contributed by atoms with Crippen LogP contribution in [0, 0.1) is 0 Å². The average molecular weight is 254 g/mol. The molecule has 0 spiro atoms. The first-order chi connectivity index (χ1) is 8.34. The monoisotopic (exact) mass is 254 g/mol. The van der Waals surface area contributed by atoms with E-state index in [-0.39, 0.29) is 5.91 Å². The van der Waals surface area contributed by atoms with Crippen molar-refractivity contribution < 1.29 is 4.79 Å². The van der Waals surface area contributed by atoms with Gasteiger partial charge >= 0.3 is 0 Å². The number of aromatic nitrogens is 1. The molecule has 0 aromatic carbocycles. The lowest BCUT2D eigenvalue weighted by Crippen LogP contribution is -2.47. The molecule has 6 heteroatoms. The molecule has 0 atom stereocenters. The van der Waals surface area contributed by atoms with Crippen LogP contribution in [0.2, 0.25) is 0 Å². The third-order valence-electron chi connectivity index (χ3n) is 2.76. The Bertz CT molecular complexity index is 335. The van der Waals surface area contributed by atoms with Crippen LogP contribution in [-0.4, -0.2) is 55.1 Å². The van der Waals surface area contributed by atoms with Gasteiger partial charge in [-0.1, -0.05) is 0 Å². The van der Waals surface area contributed by atoms with Crippen molar-refractivity contribution in [2.24, 2.45) is 0 Å². The van der Waals surface area contributed by atoms with E-state index in [0.717, 1.165) is 38.3 Å². The fourth-order valence-electron chi connectivity index (χ4n) is 1.82. The third kappa shape index (κ3) is 4.41. The molecule has 1 amide bonds. The van der Waals surface area contributed by atoms with Crippen molar-refractivity contribution >= 4 is 17.2 Å². The number of amides is 1. The highest BCUT2D eigenvalue weighted by molar-refractivity contribution is 7.07. The Morgan fingerprint density at radius 1 is 1.53 bits per heavy atom. The molecule has 17 heavy (non-hydrogen) atoms. The van der Waals surface area contributed by atoms with E-state index in [0.29, 0.717) is 13.1 Å². The van der Waals surface area contributed by atoms with Gasteiger partial charge in [-0.05, 0) is 0 Å². The second-order valence-electron chi connectivity index (χ2n) is 4.11. The van der Waals surface area contributed by atoms with Crippen LogP contribution in [0.1, 0.15) is 5.69 Å². The molecule has 94 valence electrons. The summed E-state index contributed by atoms with van der Waals surface area (Å²) in [5.74, 6) is 0.113. The molecule has 1 saturated heterocycles. The third-order valence-corrected chi connectivity index (χ3v) is 3.40. The highest BCUT2D eigenvalue weighted by Crippen LogP contribution is 2.00. The van der Waals surface area contributed by atoms with E-state index < -0.39 is 0 Å². The molecule has 0 unspecified atom stereocenters. The number of nitrogens with zero attached hydrogens (tertiary/aromatic N) is 2. The van der Waals surface area contributed by atoms with E-state index in [1.54, 1.807) is 11.3 Å². The van der Waals surface area contributed by atoms with E-state index >= 15 is 0 Å². The van der Waals surface area contributed by atoms with Crippen molar-refractivity contribution in [2.75, 3.05) is 39.3 Å². The topological polar surface area (TPSA) is 57.3 Å². The number of piperazine rings is 1. The minimum absolute atomic E-state index is 0.113. The van der Waals surface area contributed by atoms with Crippen LogP contribution in [0.4, 0.5) is 0 Å². The van der Waals surface area contributed by atoms with Crippen molar-refractivity contribution in [3.63, 3.8) is 0 Å². The van der Waals surface area contributed by atoms with Gasteiger partial charge in [-0.25, -0.2) is 4.98 Å². The number of carbonyl (C=O) groups is 1. The predicted octanol–water partition coefficient (Wildman–Crippen LogP) is -0.293. The van der Waals surface area contributed by atoms with Crippen molar-refractivity contribution in [1.82, 2.24) is 20.5 Å². The van der Waals surface area contributed by atoms with Crippen LogP contribution in [-0.2, 0) is 11.2 Å². The molecule has 0 saturated carbocycles. The lowest BCUT2D eigenvalue weighted by Gasteiger charge is -2.26. The number of carbonyl (C=O) groups excluding carboxylic acids is 1. The molecule has 1 aliphatic heterocycles. The lowest BCUT2D eigenvalue weighted by atomic mass is 10.3. The Kier molecular flexibility index (Phi) is 4.90. The molecule has 1 aromatic rings. The quantitative estimate of drug-likeness (QED) is 0.758. The van der Waals surface area contributed by atoms with Crippen LogP contribution in [0.3, 0.4) is 0 Å². The second-order valence-corrected chi connectivity index (χ2v) is 4.82. The molecular formula is C11H18N4OS. The normalized spacial score (nSPS) is 16.9. The summed E-state index contributed by atoms with van der Waals surface area (Å²) in [6.45, 7) is 5.06. The van der Waals surface area contributed by atoms with E-state index in [1.165, 1.54) is 0 Å². The van der Waals surface area contributed by atoms with Gasteiger partial charge in [0, 0.05) is 44.5 Å². The summed E-state index contributed by atoms with van der Waals surface area (Å²) in [6.07, 6.45) is 0.816. The van der Waals surface area contributed by atoms with Crippen molar-refractivity contribution in [3.05, 3.63) is 16.6 Å². The van der Waals surface area contributed by atoms with Crippen LogP contribution in [0.5, 0.6) is 0 Å². The summed E-state index contributed by atoms with van der Waals surface area (Å²) >= 11 is 1.59. The zero-order valence-electron chi connectivity index (χ0n) is 9.82. The van der Waals surface area contributed by atoms with Gasteiger partial charge in [-0.3, -0.25) is 9.69 Å². The molecule has 1 aliphatic rings. The zero-order chi connectivity index (χ0) is 11.9. The molecule has 1 aromatic heterocycles. The highest BCUT2D eigenvalue weighted by Gasteiger charge is 2.12. The Morgan fingerprint density at radius 3 is 3.06 bits per heavy atom. The van der Waals surface area contributed by atoms with Gasteiger partial charge in [-0.2, -0.15) is 0 Å². The van der Waals surface area contributed by atoms with Gasteiger partial charge in [0.2, 0.25) is 5.91 Å². The minimum atomic E-state index is 0.113. The van der Waals surface area contributed by atoms with Crippen molar-refractivity contribution in [2.45, 2.75) is 6.42 Å². The molecule has 5 nitrogen and oxygen atoms in total. The SMILES string of the molecule is O=C(CN1CCNCC1)NCCc1cscn1. The fourth-order valence-corrected chi connectivity index (χ4v) is 2.41. The summed E-state index contributed by atoms with van der Waals surface area (Å²) in [5, 5.41) is 8.22. The molecular weight excluding hydrogens is 236 g/mol. The number of hydrogen-bond acceptors (Lipinski definition) is 5. The molecule has 2 heterocycles. The van der Waals surface area contributed by atoms with Crippen LogP contribution < -0.4 is 10.6 Å². The van der Waals surface area contributed by atoms with Gasteiger partial charge in [0.25, 0.3) is 0 Å². The summed E-state index contributed by atoms with van der Waals surface area (Å²) in [6, 6.07) is 0. The van der Waals surface area contributed by atoms with Crippen LogP contribution in [0.25, 0.3) is 0 Å². The Hall–Kier alpha value is -0.980. The van der Waals surface area contributed by atoms with Gasteiger partial charge in [0.1, 0.15) is 0 Å².